The molecule has 0 unspecified atom stereocenters. The molecule has 1 N–H and O–H groups in total. The summed E-state index contributed by atoms with van der Waals surface area (Å²) in [7, 11) is 1.69. The van der Waals surface area contributed by atoms with E-state index in [4.69, 9.17) is 4.74 Å². The normalized spacial score (nSPS) is 20.8. The molecular weight excluding hydrogens is 304 g/mol. The molecule has 1 aliphatic heterocycles. The van der Waals surface area contributed by atoms with Crippen molar-refractivity contribution in [1.82, 2.24) is 9.88 Å². The van der Waals surface area contributed by atoms with Crippen LogP contribution in [0.2, 0.25) is 0 Å². The molecule has 2 atom stereocenters. The van der Waals surface area contributed by atoms with Crippen molar-refractivity contribution >= 4 is 5.91 Å². The molecule has 5 heteroatoms. The number of carbonyl (C=O) groups excluding carboxylic acids is 1. The maximum absolute atomic E-state index is 12.6. The highest BCUT2D eigenvalue weighted by Gasteiger charge is 2.33. The van der Waals surface area contributed by atoms with E-state index in [0.717, 1.165) is 12.8 Å². The van der Waals surface area contributed by atoms with Crippen molar-refractivity contribution < 1.29 is 14.6 Å². The molecule has 1 aliphatic rings. The fourth-order valence-corrected chi connectivity index (χ4v) is 3.28. The summed E-state index contributed by atoms with van der Waals surface area (Å²) in [4.78, 5) is 18.3. The van der Waals surface area contributed by atoms with E-state index in [2.05, 4.69) is 17.1 Å². The molecule has 1 fully saturated rings. The second kappa shape index (κ2) is 7.45. The minimum atomic E-state index is -0.242. The van der Waals surface area contributed by atoms with Crippen LogP contribution in [0.15, 0.2) is 48.7 Å². The zero-order chi connectivity index (χ0) is 16.9. The van der Waals surface area contributed by atoms with Gasteiger partial charge in [-0.25, -0.2) is 4.98 Å². The fraction of sp³-hybridized carbons (Fsp3) is 0.368. The first-order chi connectivity index (χ1) is 11.7. The van der Waals surface area contributed by atoms with Crippen LogP contribution in [0.5, 0.6) is 5.75 Å². The van der Waals surface area contributed by atoms with E-state index in [9.17, 15) is 9.90 Å². The minimum Gasteiger partial charge on any atom is -0.505 e. The second-order valence-corrected chi connectivity index (χ2v) is 6.13. The predicted molar refractivity (Wildman–Crippen MR) is 90.9 cm³/mol. The molecule has 126 valence electrons. The van der Waals surface area contributed by atoms with E-state index in [0.29, 0.717) is 19.0 Å². The van der Waals surface area contributed by atoms with Gasteiger partial charge in [-0.15, -0.1) is 0 Å². The Bertz CT molecular complexity index is 690. The van der Waals surface area contributed by atoms with Crippen LogP contribution in [0.4, 0.5) is 0 Å². The molecule has 1 saturated heterocycles. The zero-order valence-corrected chi connectivity index (χ0v) is 13.8. The molecule has 0 bridgehead atoms. The molecule has 0 aliphatic carbocycles. The Morgan fingerprint density at radius 1 is 1.29 bits per heavy atom. The fourth-order valence-electron chi connectivity index (χ4n) is 3.28. The molecule has 5 nitrogen and oxygen atoms in total. The van der Waals surface area contributed by atoms with Crippen LogP contribution in [0, 0.1) is 5.92 Å². The van der Waals surface area contributed by atoms with E-state index >= 15 is 0 Å². The zero-order valence-electron chi connectivity index (χ0n) is 13.8. The number of hydrogen-bond donors (Lipinski definition) is 1. The van der Waals surface area contributed by atoms with Gasteiger partial charge in [-0.05, 0) is 36.5 Å². The third-order valence-electron chi connectivity index (χ3n) is 4.62. The van der Waals surface area contributed by atoms with Crippen molar-refractivity contribution in [3.8, 4) is 5.75 Å². The Hall–Kier alpha value is -2.40. The van der Waals surface area contributed by atoms with Crippen molar-refractivity contribution in [1.29, 1.82) is 0 Å². The van der Waals surface area contributed by atoms with Gasteiger partial charge in [0.25, 0.3) is 5.91 Å². The van der Waals surface area contributed by atoms with E-state index < -0.39 is 0 Å². The minimum absolute atomic E-state index is 0.0197. The van der Waals surface area contributed by atoms with Gasteiger partial charge in [-0.1, -0.05) is 30.3 Å². The lowest BCUT2D eigenvalue weighted by molar-refractivity contribution is -0.00725. The number of aromatic hydroxyl groups is 1. The number of likely N-dealkylation sites (tertiary alicyclic amines) is 1. The standard InChI is InChI=1S/C19H22N2O3/c1-24-17-13-21(19(23)18-16(22)8-5-10-20-18)11-9-15(17)12-14-6-3-2-4-7-14/h2-8,10,15,17,22H,9,11-13H2,1H3/t15-,17+/m1/s1. The molecule has 3 rings (SSSR count). The van der Waals surface area contributed by atoms with Gasteiger partial charge in [0.15, 0.2) is 5.69 Å². The van der Waals surface area contributed by atoms with Crippen LogP contribution in [-0.4, -0.2) is 47.2 Å². The van der Waals surface area contributed by atoms with Crippen LogP contribution in [0.3, 0.4) is 0 Å². The second-order valence-electron chi connectivity index (χ2n) is 6.13. The molecule has 2 heterocycles. The van der Waals surface area contributed by atoms with Crippen LogP contribution in [-0.2, 0) is 11.2 Å². The first-order valence-electron chi connectivity index (χ1n) is 8.19. The van der Waals surface area contributed by atoms with Crippen molar-refractivity contribution in [2.75, 3.05) is 20.2 Å². The highest BCUT2D eigenvalue weighted by molar-refractivity contribution is 5.94. The number of rotatable bonds is 4. The van der Waals surface area contributed by atoms with Crippen LogP contribution >= 0.6 is 0 Å². The van der Waals surface area contributed by atoms with Crippen molar-refractivity contribution in [2.45, 2.75) is 18.9 Å². The molecule has 2 aromatic rings. The van der Waals surface area contributed by atoms with Crippen molar-refractivity contribution in [3.05, 3.63) is 59.9 Å². The van der Waals surface area contributed by atoms with Crippen LogP contribution in [0.1, 0.15) is 22.5 Å². The first-order valence-corrected chi connectivity index (χ1v) is 8.19. The number of aromatic nitrogens is 1. The lowest BCUT2D eigenvalue weighted by Gasteiger charge is -2.37. The highest BCUT2D eigenvalue weighted by atomic mass is 16.5. The number of carbonyl (C=O) groups is 1. The molecule has 0 saturated carbocycles. The number of amides is 1. The van der Waals surface area contributed by atoms with Gasteiger partial charge in [0.05, 0.1) is 6.10 Å². The first kappa shape index (κ1) is 16.5. The lowest BCUT2D eigenvalue weighted by atomic mass is 9.87. The van der Waals surface area contributed by atoms with E-state index in [1.807, 2.05) is 18.2 Å². The Morgan fingerprint density at radius 2 is 2.08 bits per heavy atom. The van der Waals surface area contributed by atoms with E-state index in [1.54, 1.807) is 18.1 Å². The molecule has 1 amide bonds. The average molecular weight is 326 g/mol. The smallest absolute Gasteiger partial charge is 0.276 e. The summed E-state index contributed by atoms with van der Waals surface area (Å²) in [5.41, 5.74) is 1.39. The molecule has 24 heavy (non-hydrogen) atoms. The van der Waals surface area contributed by atoms with Gasteiger partial charge in [-0.2, -0.15) is 0 Å². The average Bonchev–Trinajstić information content (AvgIpc) is 2.63. The van der Waals surface area contributed by atoms with Crippen LogP contribution < -0.4 is 0 Å². The summed E-state index contributed by atoms with van der Waals surface area (Å²) >= 11 is 0. The SMILES string of the molecule is CO[C@H]1CN(C(=O)c2ncccc2O)CC[C@@H]1Cc1ccccc1. The highest BCUT2D eigenvalue weighted by Crippen LogP contribution is 2.26. The Labute approximate surface area is 141 Å². The number of nitrogens with zero attached hydrogens (tertiary/aromatic N) is 2. The summed E-state index contributed by atoms with van der Waals surface area (Å²) in [6.07, 6.45) is 3.31. The van der Waals surface area contributed by atoms with Gasteiger partial charge in [0.2, 0.25) is 0 Å². The van der Waals surface area contributed by atoms with Gasteiger partial charge >= 0.3 is 0 Å². The molecular formula is C19H22N2O3. The maximum atomic E-state index is 12.6. The number of piperidine rings is 1. The number of methoxy groups -OCH3 is 1. The summed E-state index contributed by atoms with van der Waals surface area (Å²) in [5.74, 6) is 0.0509. The third-order valence-corrected chi connectivity index (χ3v) is 4.62. The van der Waals surface area contributed by atoms with Gasteiger partial charge in [0.1, 0.15) is 5.75 Å². The van der Waals surface area contributed by atoms with Crippen molar-refractivity contribution in [2.24, 2.45) is 5.92 Å². The van der Waals surface area contributed by atoms with Crippen molar-refractivity contribution in [3.63, 3.8) is 0 Å². The van der Waals surface area contributed by atoms with Gasteiger partial charge in [0, 0.05) is 26.4 Å². The van der Waals surface area contributed by atoms with Crippen LogP contribution in [0.25, 0.3) is 0 Å². The Balaban J connectivity index is 1.68. The largest absolute Gasteiger partial charge is 0.505 e. The lowest BCUT2D eigenvalue weighted by Crippen LogP contribution is -2.48. The Kier molecular flexibility index (Phi) is 5.11. The monoisotopic (exact) mass is 326 g/mol. The topological polar surface area (TPSA) is 62.7 Å². The molecule has 0 radical (unpaired) electrons. The number of benzene rings is 1. The van der Waals surface area contributed by atoms with Gasteiger partial charge < -0.3 is 14.7 Å². The Morgan fingerprint density at radius 3 is 2.79 bits per heavy atom. The van der Waals surface area contributed by atoms with E-state index in [-0.39, 0.29) is 23.5 Å². The van der Waals surface area contributed by atoms with E-state index in [1.165, 1.54) is 17.8 Å². The van der Waals surface area contributed by atoms with Gasteiger partial charge in [-0.3, -0.25) is 4.79 Å². The summed E-state index contributed by atoms with van der Waals surface area (Å²) in [5, 5.41) is 9.84. The number of ether oxygens (including phenoxy) is 1. The molecule has 1 aromatic heterocycles. The third kappa shape index (κ3) is 3.57. The number of hydrogen-bond acceptors (Lipinski definition) is 4. The quantitative estimate of drug-likeness (QED) is 0.938. The molecule has 0 spiro atoms. The molecule has 1 aromatic carbocycles. The summed E-state index contributed by atoms with van der Waals surface area (Å²) in [6, 6.07) is 13.4. The summed E-state index contributed by atoms with van der Waals surface area (Å²) < 4.78 is 5.65. The number of pyridine rings is 1. The maximum Gasteiger partial charge on any atom is 0.276 e. The summed E-state index contributed by atoms with van der Waals surface area (Å²) in [6.45, 7) is 1.16. The predicted octanol–water partition coefficient (Wildman–Crippen LogP) is 2.51.